The summed E-state index contributed by atoms with van der Waals surface area (Å²) in [5.41, 5.74) is 2.19. The summed E-state index contributed by atoms with van der Waals surface area (Å²) in [4.78, 5) is 30.4. The molecule has 132 valence electrons. The first-order chi connectivity index (χ1) is 11.9. The van der Waals surface area contributed by atoms with Crippen molar-refractivity contribution in [2.75, 3.05) is 18.1 Å². The molecule has 2 heterocycles. The second-order valence-electron chi connectivity index (χ2n) is 6.47. The van der Waals surface area contributed by atoms with Crippen molar-refractivity contribution >= 4 is 28.8 Å². The summed E-state index contributed by atoms with van der Waals surface area (Å²) in [7, 11) is 0. The highest BCUT2D eigenvalue weighted by Gasteiger charge is 2.26. The number of thiazole rings is 1. The molecule has 1 aromatic heterocycles. The Hall–Kier alpha value is -2.41. The Morgan fingerprint density at radius 2 is 2.24 bits per heavy atom. The van der Waals surface area contributed by atoms with E-state index in [1.165, 1.54) is 11.3 Å². The summed E-state index contributed by atoms with van der Waals surface area (Å²) in [6.07, 6.45) is 0. The highest BCUT2D eigenvalue weighted by molar-refractivity contribution is 7.09. The summed E-state index contributed by atoms with van der Waals surface area (Å²) in [5.74, 6) is 0.782. The normalized spacial score (nSPS) is 13.6. The van der Waals surface area contributed by atoms with Gasteiger partial charge in [0.25, 0.3) is 11.8 Å². The lowest BCUT2D eigenvalue weighted by atomic mass is 10.1. The van der Waals surface area contributed by atoms with Crippen molar-refractivity contribution in [1.82, 2.24) is 10.3 Å². The molecular formula is C18H21N3O3S. The van der Waals surface area contributed by atoms with E-state index in [-0.39, 0.29) is 18.4 Å². The molecule has 2 aromatic rings. The summed E-state index contributed by atoms with van der Waals surface area (Å²) in [5, 5.41) is 5.30. The zero-order chi connectivity index (χ0) is 18.0. The number of nitrogens with zero attached hydrogens (tertiary/aromatic N) is 2. The fraction of sp³-hybridized carbons (Fsp3) is 0.389. The molecule has 0 fully saturated rings. The maximum absolute atomic E-state index is 12.3. The molecule has 2 amide bonds. The minimum Gasteiger partial charge on any atom is -0.482 e. The van der Waals surface area contributed by atoms with Crippen molar-refractivity contribution in [2.45, 2.75) is 27.3 Å². The van der Waals surface area contributed by atoms with E-state index in [4.69, 9.17) is 4.74 Å². The number of fused-ring (bicyclic) bond motifs is 1. The zero-order valence-corrected chi connectivity index (χ0v) is 15.4. The van der Waals surface area contributed by atoms with Crippen LogP contribution in [0.25, 0.3) is 0 Å². The SMILES string of the molecule is Cc1ccc2c(c1)N(Cc1nc(C(=O)NCC(C)C)cs1)C(=O)CO2. The number of aromatic nitrogens is 1. The second kappa shape index (κ2) is 7.23. The van der Waals surface area contributed by atoms with E-state index in [1.54, 1.807) is 10.3 Å². The molecule has 1 N–H and O–H groups in total. The number of ether oxygens (including phenoxy) is 1. The van der Waals surface area contributed by atoms with E-state index in [9.17, 15) is 9.59 Å². The number of hydrogen-bond acceptors (Lipinski definition) is 5. The Kier molecular flexibility index (Phi) is 5.03. The first-order valence-corrected chi connectivity index (χ1v) is 9.08. The van der Waals surface area contributed by atoms with Crippen LogP contribution in [0.5, 0.6) is 5.75 Å². The molecule has 1 aliphatic heterocycles. The van der Waals surface area contributed by atoms with Crippen LogP contribution in [0, 0.1) is 12.8 Å². The number of benzene rings is 1. The molecule has 0 saturated heterocycles. The molecular weight excluding hydrogens is 338 g/mol. The van der Waals surface area contributed by atoms with E-state index in [1.807, 2.05) is 39.0 Å². The van der Waals surface area contributed by atoms with Gasteiger partial charge in [-0.3, -0.25) is 14.5 Å². The number of carbonyl (C=O) groups is 2. The lowest BCUT2D eigenvalue weighted by Crippen LogP contribution is -2.38. The van der Waals surface area contributed by atoms with Crippen molar-refractivity contribution in [2.24, 2.45) is 5.92 Å². The van der Waals surface area contributed by atoms with Gasteiger partial charge in [0, 0.05) is 11.9 Å². The largest absolute Gasteiger partial charge is 0.482 e. The van der Waals surface area contributed by atoms with Gasteiger partial charge < -0.3 is 10.1 Å². The van der Waals surface area contributed by atoms with Gasteiger partial charge in [0.15, 0.2) is 6.61 Å². The number of carbonyl (C=O) groups excluding carboxylic acids is 2. The van der Waals surface area contributed by atoms with Gasteiger partial charge >= 0.3 is 0 Å². The molecule has 0 aliphatic carbocycles. The fourth-order valence-corrected chi connectivity index (χ4v) is 3.26. The molecule has 6 nitrogen and oxygen atoms in total. The van der Waals surface area contributed by atoms with Crippen LogP contribution >= 0.6 is 11.3 Å². The lowest BCUT2D eigenvalue weighted by molar-refractivity contribution is -0.121. The Morgan fingerprint density at radius 3 is 3.00 bits per heavy atom. The maximum Gasteiger partial charge on any atom is 0.270 e. The summed E-state index contributed by atoms with van der Waals surface area (Å²) in [6.45, 7) is 7.01. The van der Waals surface area contributed by atoms with Gasteiger partial charge in [-0.05, 0) is 30.5 Å². The third-order valence-corrected chi connectivity index (χ3v) is 4.64. The third kappa shape index (κ3) is 3.99. The van der Waals surface area contributed by atoms with E-state index < -0.39 is 0 Å². The van der Waals surface area contributed by atoms with Crippen LogP contribution in [-0.4, -0.2) is 29.9 Å². The summed E-state index contributed by atoms with van der Waals surface area (Å²) < 4.78 is 5.48. The number of aryl methyl sites for hydroxylation is 1. The molecule has 25 heavy (non-hydrogen) atoms. The minimum absolute atomic E-state index is 0.0170. The van der Waals surface area contributed by atoms with E-state index in [0.717, 1.165) is 16.3 Å². The Labute approximate surface area is 150 Å². The molecule has 0 spiro atoms. The van der Waals surface area contributed by atoms with Crippen LogP contribution < -0.4 is 15.0 Å². The Morgan fingerprint density at radius 1 is 1.44 bits per heavy atom. The van der Waals surface area contributed by atoms with Crippen LogP contribution in [0.15, 0.2) is 23.6 Å². The topological polar surface area (TPSA) is 71.5 Å². The maximum atomic E-state index is 12.3. The molecule has 0 atom stereocenters. The van der Waals surface area contributed by atoms with Crippen molar-refractivity contribution in [3.05, 3.63) is 39.8 Å². The van der Waals surface area contributed by atoms with Crippen molar-refractivity contribution in [3.63, 3.8) is 0 Å². The van der Waals surface area contributed by atoms with Crippen molar-refractivity contribution in [3.8, 4) is 5.75 Å². The predicted octanol–water partition coefficient (Wildman–Crippen LogP) is 2.76. The van der Waals surface area contributed by atoms with Crippen LogP contribution in [0.4, 0.5) is 5.69 Å². The number of amides is 2. The first-order valence-electron chi connectivity index (χ1n) is 8.20. The van der Waals surface area contributed by atoms with Gasteiger partial charge in [-0.1, -0.05) is 19.9 Å². The summed E-state index contributed by atoms with van der Waals surface area (Å²) >= 11 is 1.38. The van der Waals surface area contributed by atoms with Crippen LogP contribution in [0.1, 0.15) is 34.9 Å². The average Bonchev–Trinajstić information content (AvgIpc) is 3.04. The molecule has 0 radical (unpaired) electrons. The quantitative estimate of drug-likeness (QED) is 0.891. The molecule has 0 bridgehead atoms. The number of anilines is 1. The van der Waals surface area contributed by atoms with E-state index >= 15 is 0 Å². The van der Waals surface area contributed by atoms with Gasteiger partial charge in [0.1, 0.15) is 16.5 Å². The highest BCUT2D eigenvalue weighted by atomic mass is 32.1. The number of nitrogens with one attached hydrogen (secondary N) is 1. The van der Waals surface area contributed by atoms with Gasteiger partial charge in [0.2, 0.25) is 0 Å². The van der Waals surface area contributed by atoms with Gasteiger partial charge in [0.05, 0.1) is 12.2 Å². The average molecular weight is 359 g/mol. The second-order valence-corrected chi connectivity index (χ2v) is 7.41. The van der Waals surface area contributed by atoms with E-state index in [2.05, 4.69) is 10.3 Å². The summed E-state index contributed by atoms with van der Waals surface area (Å²) in [6, 6.07) is 5.75. The third-order valence-electron chi connectivity index (χ3n) is 3.81. The van der Waals surface area contributed by atoms with Crippen molar-refractivity contribution in [1.29, 1.82) is 0 Å². The molecule has 1 aliphatic rings. The van der Waals surface area contributed by atoms with Crippen LogP contribution in [0.3, 0.4) is 0 Å². The van der Waals surface area contributed by atoms with Gasteiger partial charge in [-0.15, -0.1) is 11.3 Å². The molecule has 0 unspecified atom stereocenters. The highest BCUT2D eigenvalue weighted by Crippen LogP contribution is 2.34. The monoisotopic (exact) mass is 359 g/mol. The number of hydrogen-bond donors (Lipinski definition) is 1. The molecule has 0 saturated carbocycles. The molecule has 3 rings (SSSR count). The Balaban J connectivity index is 1.76. The number of rotatable bonds is 5. The Bertz CT molecular complexity index is 801. The van der Waals surface area contributed by atoms with Crippen LogP contribution in [-0.2, 0) is 11.3 Å². The molecule has 1 aromatic carbocycles. The van der Waals surface area contributed by atoms with Crippen molar-refractivity contribution < 1.29 is 14.3 Å². The van der Waals surface area contributed by atoms with Gasteiger partial charge in [-0.2, -0.15) is 0 Å². The van der Waals surface area contributed by atoms with Gasteiger partial charge in [-0.25, -0.2) is 4.98 Å². The smallest absolute Gasteiger partial charge is 0.270 e. The fourth-order valence-electron chi connectivity index (χ4n) is 2.50. The molecule has 7 heteroatoms. The first kappa shape index (κ1) is 17.4. The predicted molar refractivity (Wildman–Crippen MR) is 97.1 cm³/mol. The standard InChI is InChI=1S/C18H21N3O3S/c1-11(2)7-19-18(23)13-10-25-16(20-13)8-21-14-6-12(3)4-5-15(14)24-9-17(21)22/h4-6,10-11H,7-9H2,1-3H3,(H,19,23). The van der Waals surface area contributed by atoms with E-state index in [0.29, 0.717) is 30.5 Å². The zero-order valence-electron chi connectivity index (χ0n) is 14.5. The van der Waals surface area contributed by atoms with Crippen LogP contribution in [0.2, 0.25) is 0 Å². The minimum atomic E-state index is -0.180. The lowest BCUT2D eigenvalue weighted by Gasteiger charge is -2.29.